The fourth-order valence-corrected chi connectivity index (χ4v) is 2.56. The number of benzene rings is 1. The van der Waals surface area contributed by atoms with E-state index in [0.717, 1.165) is 31.4 Å². The highest BCUT2D eigenvalue weighted by Gasteiger charge is 2.38. The fraction of sp³-hybridized carbons (Fsp3) is 0.562. The first-order chi connectivity index (χ1) is 9.57. The van der Waals surface area contributed by atoms with Crippen molar-refractivity contribution in [3.63, 3.8) is 0 Å². The number of halogens is 1. The molecule has 0 aliphatic rings. The SMILES string of the molecule is CCCC(CCC)(Nc1ccc(Cl)cc1)C(=O)OCC. The van der Waals surface area contributed by atoms with Crippen LogP contribution in [0.15, 0.2) is 24.3 Å². The molecule has 20 heavy (non-hydrogen) atoms. The molecule has 0 aliphatic carbocycles. The zero-order chi connectivity index (χ0) is 15.0. The van der Waals surface area contributed by atoms with Crippen molar-refractivity contribution in [1.82, 2.24) is 0 Å². The maximum absolute atomic E-state index is 12.4. The molecule has 0 bridgehead atoms. The van der Waals surface area contributed by atoms with E-state index in [1.54, 1.807) is 0 Å². The van der Waals surface area contributed by atoms with Crippen molar-refractivity contribution in [2.24, 2.45) is 0 Å². The Kier molecular flexibility index (Phi) is 6.86. The van der Waals surface area contributed by atoms with Crippen LogP contribution < -0.4 is 5.32 Å². The molecule has 0 unspecified atom stereocenters. The summed E-state index contributed by atoms with van der Waals surface area (Å²) in [6.07, 6.45) is 3.34. The Labute approximate surface area is 126 Å². The zero-order valence-corrected chi connectivity index (χ0v) is 13.3. The van der Waals surface area contributed by atoms with Gasteiger partial charge in [0.05, 0.1) is 6.61 Å². The Morgan fingerprint density at radius 3 is 2.15 bits per heavy atom. The standard InChI is InChI=1S/C16H24ClNO2/c1-4-11-16(12-5-2,15(19)20-6-3)18-14-9-7-13(17)8-10-14/h7-10,18H,4-6,11-12H2,1-3H3. The minimum absolute atomic E-state index is 0.168. The van der Waals surface area contributed by atoms with E-state index >= 15 is 0 Å². The Morgan fingerprint density at radius 2 is 1.70 bits per heavy atom. The number of hydrogen-bond donors (Lipinski definition) is 1. The summed E-state index contributed by atoms with van der Waals surface area (Å²) in [6, 6.07) is 7.42. The predicted molar refractivity (Wildman–Crippen MR) is 84.3 cm³/mol. The molecule has 1 aromatic rings. The minimum atomic E-state index is -0.645. The van der Waals surface area contributed by atoms with E-state index in [1.165, 1.54) is 0 Å². The summed E-state index contributed by atoms with van der Waals surface area (Å²) in [5, 5.41) is 4.06. The lowest BCUT2D eigenvalue weighted by Gasteiger charge is -2.33. The summed E-state index contributed by atoms with van der Waals surface area (Å²) in [6.45, 7) is 6.39. The topological polar surface area (TPSA) is 38.3 Å². The van der Waals surface area contributed by atoms with Gasteiger partial charge in [-0.25, -0.2) is 4.79 Å². The molecule has 0 heterocycles. The predicted octanol–water partition coefficient (Wildman–Crippen LogP) is 4.65. The number of nitrogens with one attached hydrogen (secondary N) is 1. The molecular formula is C16H24ClNO2. The second-order valence-corrected chi connectivity index (χ2v) is 5.37. The Bertz CT molecular complexity index is 411. The lowest BCUT2D eigenvalue weighted by atomic mass is 9.88. The molecule has 3 nitrogen and oxygen atoms in total. The van der Waals surface area contributed by atoms with Gasteiger partial charge in [-0.15, -0.1) is 0 Å². The number of carbonyl (C=O) groups excluding carboxylic acids is 1. The lowest BCUT2D eigenvalue weighted by Crippen LogP contribution is -2.47. The molecule has 0 fully saturated rings. The third kappa shape index (κ3) is 4.41. The Morgan fingerprint density at radius 1 is 1.15 bits per heavy atom. The third-order valence-corrected chi connectivity index (χ3v) is 3.50. The number of anilines is 1. The molecule has 0 saturated heterocycles. The first-order valence-corrected chi connectivity index (χ1v) is 7.66. The molecule has 0 spiro atoms. The monoisotopic (exact) mass is 297 g/mol. The van der Waals surface area contributed by atoms with Gasteiger partial charge in [-0.1, -0.05) is 38.3 Å². The molecule has 1 N–H and O–H groups in total. The molecule has 1 rings (SSSR count). The first-order valence-electron chi connectivity index (χ1n) is 7.29. The van der Waals surface area contributed by atoms with Gasteiger partial charge in [0, 0.05) is 10.7 Å². The van der Waals surface area contributed by atoms with Crippen molar-refractivity contribution in [2.45, 2.75) is 52.0 Å². The minimum Gasteiger partial charge on any atom is -0.464 e. The number of hydrogen-bond acceptors (Lipinski definition) is 3. The second-order valence-electron chi connectivity index (χ2n) is 4.93. The summed E-state index contributed by atoms with van der Waals surface area (Å²) in [5.41, 5.74) is 0.247. The molecule has 112 valence electrons. The van der Waals surface area contributed by atoms with E-state index in [0.29, 0.717) is 11.6 Å². The van der Waals surface area contributed by atoms with Crippen molar-refractivity contribution >= 4 is 23.3 Å². The van der Waals surface area contributed by atoms with Gasteiger partial charge in [-0.2, -0.15) is 0 Å². The van der Waals surface area contributed by atoms with Gasteiger partial charge in [-0.3, -0.25) is 0 Å². The Balaban J connectivity index is 3.00. The van der Waals surface area contributed by atoms with E-state index in [4.69, 9.17) is 16.3 Å². The molecule has 0 saturated carbocycles. The highest BCUT2D eigenvalue weighted by Crippen LogP contribution is 2.28. The van der Waals surface area contributed by atoms with E-state index in [2.05, 4.69) is 19.2 Å². The van der Waals surface area contributed by atoms with Crippen LogP contribution in [0.1, 0.15) is 46.5 Å². The normalized spacial score (nSPS) is 11.2. The quantitative estimate of drug-likeness (QED) is 0.710. The largest absolute Gasteiger partial charge is 0.464 e. The van der Waals surface area contributed by atoms with Crippen LogP contribution in [0.3, 0.4) is 0 Å². The molecule has 1 aromatic carbocycles. The van der Waals surface area contributed by atoms with Crippen LogP contribution in [0.5, 0.6) is 0 Å². The first kappa shape index (κ1) is 16.8. The van der Waals surface area contributed by atoms with Crippen LogP contribution in [0, 0.1) is 0 Å². The molecule has 0 radical (unpaired) electrons. The van der Waals surface area contributed by atoms with Crippen LogP contribution in [0.25, 0.3) is 0 Å². The van der Waals surface area contributed by atoms with Gasteiger partial charge in [0.15, 0.2) is 0 Å². The maximum atomic E-state index is 12.4. The van der Waals surface area contributed by atoms with Crippen molar-refractivity contribution in [3.05, 3.63) is 29.3 Å². The van der Waals surface area contributed by atoms with Gasteiger partial charge in [0.25, 0.3) is 0 Å². The third-order valence-electron chi connectivity index (χ3n) is 3.25. The molecule has 0 aromatic heterocycles. The fourth-order valence-electron chi connectivity index (χ4n) is 2.44. The van der Waals surface area contributed by atoms with Crippen LogP contribution in [-0.4, -0.2) is 18.1 Å². The smallest absolute Gasteiger partial charge is 0.331 e. The molecule has 0 atom stereocenters. The van der Waals surface area contributed by atoms with Gasteiger partial charge in [-0.05, 0) is 44.0 Å². The zero-order valence-electron chi connectivity index (χ0n) is 12.5. The van der Waals surface area contributed by atoms with Crippen molar-refractivity contribution in [1.29, 1.82) is 0 Å². The molecule has 0 amide bonds. The van der Waals surface area contributed by atoms with Gasteiger partial charge < -0.3 is 10.1 Å². The molecule has 4 heteroatoms. The number of carbonyl (C=O) groups is 1. The number of esters is 1. The van der Waals surface area contributed by atoms with Crippen molar-refractivity contribution in [2.75, 3.05) is 11.9 Å². The van der Waals surface area contributed by atoms with Crippen molar-refractivity contribution < 1.29 is 9.53 Å². The summed E-state index contributed by atoms with van der Waals surface area (Å²) < 4.78 is 5.28. The van der Waals surface area contributed by atoms with Crippen LogP contribution in [-0.2, 0) is 9.53 Å². The van der Waals surface area contributed by atoms with Crippen LogP contribution >= 0.6 is 11.6 Å². The summed E-state index contributed by atoms with van der Waals surface area (Å²) in [4.78, 5) is 12.4. The molecular weight excluding hydrogens is 274 g/mol. The summed E-state index contributed by atoms with van der Waals surface area (Å²) >= 11 is 5.90. The average molecular weight is 298 g/mol. The average Bonchev–Trinajstić information content (AvgIpc) is 2.42. The highest BCUT2D eigenvalue weighted by atomic mass is 35.5. The van der Waals surface area contributed by atoms with Gasteiger partial charge in [0.1, 0.15) is 5.54 Å². The maximum Gasteiger partial charge on any atom is 0.331 e. The van der Waals surface area contributed by atoms with E-state index < -0.39 is 5.54 Å². The summed E-state index contributed by atoms with van der Waals surface area (Å²) in [7, 11) is 0. The number of rotatable bonds is 8. The lowest BCUT2D eigenvalue weighted by molar-refractivity contribution is -0.149. The van der Waals surface area contributed by atoms with E-state index in [1.807, 2.05) is 31.2 Å². The number of ether oxygens (including phenoxy) is 1. The van der Waals surface area contributed by atoms with Crippen LogP contribution in [0.2, 0.25) is 5.02 Å². The molecule has 0 aliphatic heterocycles. The van der Waals surface area contributed by atoms with E-state index in [9.17, 15) is 4.79 Å². The van der Waals surface area contributed by atoms with Crippen molar-refractivity contribution in [3.8, 4) is 0 Å². The van der Waals surface area contributed by atoms with E-state index in [-0.39, 0.29) is 5.97 Å². The van der Waals surface area contributed by atoms with Gasteiger partial charge in [0.2, 0.25) is 0 Å². The Hall–Kier alpha value is -1.22. The van der Waals surface area contributed by atoms with Gasteiger partial charge >= 0.3 is 5.97 Å². The highest BCUT2D eigenvalue weighted by molar-refractivity contribution is 6.30. The summed E-state index contributed by atoms with van der Waals surface area (Å²) in [5.74, 6) is -0.168. The second kappa shape index (κ2) is 8.15. The van der Waals surface area contributed by atoms with Crippen LogP contribution in [0.4, 0.5) is 5.69 Å².